The first-order valence-electron chi connectivity index (χ1n) is 4.30. The number of hydrogen-bond donors (Lipinski definition) is 0. The number of carbonyl (C=O) groups is 2. The Labute approximate surface area is 78.3 Å². The van der Waals surface area contributed by atoms with Gasteiger partial charge < -0.3 is 0 Å². The molecule has 2 heteroatoms. The Morgan fingerprint density at radius 3 is 2.38 bits per heavy atom. The predicted molar refractivity (Wildman–Crippen MR) is 51.3 cm³/mol. The highest BCUT2D eigenvalue weighted by atomic mass is 16.1. The molecule has 0 spiro atoms. The quantitative estimate of drug-likeness (QED) is 0.606. The van der Waals surface area contributed by atoms with Crippen LogP contribution in [0.1, 0.15) is 27.2 Å². The van der Waals surface area contributed by atoms with E-state index < -0.39 is 5.41 Å². The van der Waals surface area contributed by atoms with Crippen molar-refractivity contribution in [2.24, 2.45) is 5.41 Å². The van der Waals surface area contributed by atoms with E-state index in [9.17, 15) is 9.59 Å². The minimum absolute atomic E-state index is 0.0390. The zero-order valence-corrected chi connectivity index (χ0v) is 8.31. The largest absolute Gasteiger partial charge is 0.294 e. The van der Waals surface area contributed by atoms with Gasteiger partial charge in [-0.3, -0.25) is 9.59 Å². The van der Waals surface area contributed by atoms with Crippen molar-refractivity contribution in [3.05, 3.63) is 23.8 Å². The van der Waals surface area contributed by atoms with Gasteiger partial charge in [0.25, 0.3) is 0 Å². The maximum absolute atomic E-state index is 11.5. The van der Waals surface area contributed by atoms with E-state index in [1.54, 1.807) is 6.92 Å². The van der Waals surface area contributed by atoms with E-state index in [2.05, 4.69) is 6.58 Å². The number of rotatable bonds is 2. The van der Waals surface area contributed by atoms with Crippen LogP contribution >= 0.6 is 0 Å². The summed E-state index contributed by atoms with van der Waals surface area (Å²) in [5.41, 5.74) is 0.694. The molecule has 0 heterocycles. The lowest BCUT2D eigenvalue weighted by Gasteiger charge is -2.14. The van der Waals surface area contributed by atoms with Crippen LogP contribution in [0, 0.1) is 5.41 Å². The maximum atomic E-state index is 11.5. The lowest BCUT2D eigenvalue weighted by Crippen LogP contribution is -2.17. The van der Waals surface area contributed by atoms with Crippen molar-refractivity contribution >= 4 is 11.6 Å². The molecule has 2 nitrogen and oxygen atoms in total. The number of allylic oxidation sites excluding steroid dienone is 3. The van der Waals surface area contributed by atoms with Crippen LogP contribution in [0.2, 0.25) is 0 Å². The summed E-state index contributed by atoms with van der Waals surface area (Å²) in [7, 11) is 0. The second-order valence-electron chi connectivity index (χ2n) is 4.20. The molecular weight excluding hydrogens is 164 g/mol. The number of hydrogen-bond acceptors (Lipinski definition) is 2. The highest BCUT2D eigenvalue weighted by Crippen LogP contribution is 2.34. The third-order valence-corrected chi connectivity index (χ3v) is 2.28. The van der Waals surface area contributed by atoms with Gasteiger partial charge >= 0.3 is 0 Å². The molecule has 1 rings (SSSR count). The molecule has 0 saturated carbocycles. The minimum atomic E-state index is -0.402. The summed E-state index contributed by atoms with van der Waals surface area (Å²) in [6.45, 7) is 8.94. The van der Waals surface area contributed by atoms with E-state index in [-0.39, 0.29) is 11.6 Å². The zero-order chi connectivity index (χ0) is 10.2. The molecule has 0 N–H and O–H groups in total. The van der Waals surface area contributed by atoms with Crippen molar-refractivity contribution in [1.29, 1.82) is 0 Å². The highest BCUT2D eigenvalue weighted by Gasteiger charge is 2.35. The minimum Gasteiger partial charge on any atom is -0.294 e. The molecule has 70 valence electrons. The SMILES string of the molecule is C=C(C)C(=O)C1=CC(=O)C(C)(C)C1. The number of carbonyl (C=O) groups excluding carboxylic acids is 2. The van der Waals surface area contributed by atoms with Gasteiger partial charge in [-0.1, -0.05) is 20.4 Å². The van der Waals surface area contributed by atoms with Gasteiger partial charge in [0, 0.05) is 11.0 Å². The Morgan fingerprint density at radius 2 is 2.08 bits per heavy atom. The topological polar surface area (TPSA) is 34.1 Å². The van der Waals surface area contributed by atoms with Crippen LogP contribution in [-0.2, 0) is 9.59 Å². The van der Waals surface area contributed by atoms with E-state index >= 15 is 0 Å². The van der Waals surface area contributed by atoms with Crippen LogP contribution < -0.4 is 0 Å². The molecule has 0 fully saturated rings. The van der Waals surface area contributed by atoms with Crippen LogP contribution in [-0.4, -0.2) is 11.6 Å². The fourth-order valence-corrected chi connectivity index (χ4v) is 1.39. The molecule has 0 amide bonds. The Balaban J connectivity index is 2.90. The first kappa shape index (κ1) is 9.90. The molecule has 0 aromatic rings. The molecule has 0 aromatic heterocycles. The Hall–Kier alpha value is -1.18. The first-order valence-corrected chi connectivity index (χ1v) is 4.30. The van der Waals surface area contributed by atoms with Crippen molar-refractivity contribution in [2.75, 3.05) is 0 Å². The summed E-state index contributed by atoms with van der Waals surface area (Å²) in [6.07, 6.45) is 1.99. The van der Waals surface area contributed by atoms with Gasteiger partial charge in [-0.05, 0) is 25.0 Å². The summed E-state index contributed by atoms with van der Waals surface area (Å²) < 4.78 is 0. The molecule has 0 radical (unpaired) electrons. The smallest absolute Gasteiger partial charge is 0.184 e. The molecule has 0 saturated heterocycles. The highest BCUT2D eigenvalue weighted by molar-refractivity contribution is 6.14. The Bertz CT molecular complexity index is 319. The molecule has 1 aliphatic rings. The maximum Gasteiger partial charge on any atom is 0.184 e. The molecule has 1 aliphatic carbocycles. The molecular formula is C11H14O2. The van der Waals surface area contributed by atoms with Gasteiger partial charge in [0.2, 0.25) is 0 Å². The van der Waals surface area contributed by atoms with Crippen LogP contribution in [0.15, 0.2) is 23.8 Å². The van der Waals surface area contributed by atoms with Crippen molar-refractivity contribution in [3.63, 3.8) is 0 Å². The van der Waals surface area contributed by atoms with E-state index in [4.69, 9.17) is 0 Å². The van der Waals surface area contributed by atoms with Gasteiger partial charge in [-0.2, -0.15) is 0 Å². The second kappa shape index (κ2) is 2.95. The van der Waals surface area contributed by atoms with Crippen molar-refractivity contribution in [1.82, 2.24) is 0 Å². The third kappa shape index (κ3) is 1.77. The van der Waals surface area contributed by atoms with Gasteiger partial charge in [-0.25, -0.2) is 0 Å². The van der Waals surface area contributed by atoms with E-state index in [1.807, 2.05) is 13.8 Å². The van der Waals surface area contributed by atoms with E-state index in [1.165, 1.54) is 6.08 Å². The number of Topliss-reactive ketones (excluding diaryl/α,β-unsaturated/α-hetero) is 1. The summed E-state index contributed by atoms with van der Waals surface area (Å²) >= 11 is 0. The van der Waals surface area contributed by atoms with Gasteiger partial charge in [-0.15, -0.1) is 0 Å². The first-order chi connectivity index (χ1) is 5.84. The normalized spacial score (nSPS) is 19.9. The Morgan fingerprint density at radius 1 is 1.54 bits per heavy atom. The third-order valence-electron chi connectivity index (χ3n) is 2.28. The van der Waals surface area contributed by atoms with Crippen LogP contribution in [0.4, 0.5) is 0 Å². The monoisotopic (exact) mass is 178 g/mol. The lowest BCUT2D eigenvalue weighted by molar-refractivity contribution is -0.121. The van der Waals surface area contributed by atoms with Crippen LogP contribution in [0.25, 0.3) is 0 Å². The Kier molecular flexibility index (Phi) is 2.24. The van der Waals surface area contributed by atoms with Crippen LogP contribution in [0.5, 0.6) is 0 Å². The molecule has 0 bridgehead atoms. The van der Waals surface area contributed by atoms with Crippen molar-refractivity contribution in [2.45, 2.75) is 27.2 Å². The summed E-state index contributed by atoms with van der Waals surface area (Å²) in [6, 6.07) is 0. The molecule has 0 atom stereocenters. The second-order valence-corrected chi connectivity index (χ2v) is 4.20. The lowest BCUT2D eigenvalue weighted by atomic mass is 9.87. The summed E-state index contributed by atoms with van der Waals surface area (Å²) in [4.78, 5) is 22.8. The average molecular weight is 178 g/mol. The molecule has 0 unspecified atom stereocenters. The zero-order valence-electron chi connectivity index (χ0n) is 8.31. The van der Waals surface area contributed by atoms with E-state index in [0.29, 0.717) is 17.6 Å². The fraction of sp³-hybridized carbons (Fsp3) is 0.455. The molecule has 0 aromatic carbocycles. The van der Waals surface area contributed by atoms with Gasteiger partial charge in [0.1, 0.15) is 0 Å². The average Bonchev–Trinajstić information content (AvgIpc) is 2.25. The van der Waals surface area contributed by atoms with Gasteiger partial charge in [0.05, 0.1) is 0 Å². The number of ketones is 2. The molecule has 0 aliphatic heterocycles. The molecule has 13 heavy (non-hydrogen) atoms. The van der Waals surface area contributed by atoms with Crippen molar-refractivity contribution < 1.29 is 9.59 Å². The van der Waals surface area contributed by atoms with Gasteiger partial charge in [0.15, 0.2) is 11.6 Å². The van der Waals surface area contributed by atoms with Crippen LogP contribution in [0.3, 0.4) is 0 Å². The fourth-order valence-electron chi connectivity index (χ4n) is 1.39. The van der Waals surface area contributed by atoms with E-state index in [0.717, 1.165) is 0 Å². The standard InChI is InChI=1S/C11H14O2/c1-7(2)10(13)8-5-9(12)11(3,4)6-8/h5H,1,6H2,2-4H3. The summed E-state index contributed by atoms with van der Waals surface area (Å²) in [5, 5.41) is 0. The van der Waals surface area contributed by atoms with Crippen molar-refractivity contribution in [3.8, 4) is 0 Å². The summed E-state index contributed by atoms with van der Waals surface area (Å²) in [5.74, 6) is -0.0453. The predicted octanol–water partition coefficient (Wildman–Crippen LogP) is 2.06.